The van der Waals surface area contributed by atoms with E-state index in [2.05, 4.69) is 15.9 Å². The molecule has 2 N–H and O–H groups in total. The predicted octanol–water partition coefficient (Wildman–Crippen LogP) is 3.60. The third kappa shape index (κ3) is 2.99. The van der Waals surface area contributed by atoms with E-state index in [4.69, 9.17) is 10.5 Å². The van der Waals surface area contributed by atoms with Crippen LogP contribution in [-0.4, -0.2) is 12.9 Å². The molecule has 0 atom stereocenters. The molecule has 0 aliphatic carbocycles. The maximum Gasteiger partial charge on any atom is 0.169 e. The summed E-state index contributed by atoms with van der Waals surface area (Å²) in [6, 6.07) is 9.72. The Morgan fingerprint density at radius 1 is 1.35 bits per heavy atom. The zero-order valence-electron chi connectivity index (χ0n) is 10.8. The summed E-state index contributed by atoms with van der Waals surface area (Å²) in [6.07, 6.45) is -0.0606. The number of nitrogens with two attached hydrogens (primary N) is 1. The molecule has 0 aliphatic heterocycles. The minimum Gasteiger partial charge on any atom is -0.494 e. The van der Waals surface area contributed by atoms with E-state index in [9.17, 15) is 9.18 Å². The van der Waals surface area contributed by atoms with E-state index in [0.717, 1.165) is 4.47 Å². The minimum atomic E-state index is -0.515. The lowest BCUT2D eigenvalue weighted by Gasteiger charge is -2.08. The number of carbonyl (C=O) groups excluding carboxylic acids is 1. The van der Waals surface area contributed by atoms with Gasteiger partial charge in [0.1, 0.15) is 0 Å². The van der Waals surface area contributed by atoms with Crippen LogP contribution < -0.4 is 10.5 Å². The molecule has 0 fully saturated rings. The summed E-state index contributed by atoms with van der Waals surface area (Å²) in [7, 11) is 1.39. The van der Waals surface area contributed by atoms with Crippen LogP contribution in [0.4, 0.5) is 10.1 Å². The molecule has 0 radical (unpaired) electrons. The average Bonchev–Trinajstić information content (AvgIpc) is 2.41. The molecule has 0 aliphatic rings. The molecular weight excluding hydrogens is 325 g/mol. The average molecular weight is 338 g/mol. The number of carbonyl (C=O) groups is 1. The standard InChI is InChI=1S/C15H13BrFNO2/c1-20-14-4-2-3-9(15(14)17)7-13(19)11-6-5-10(16)8-12(11)18/h2-6,8H,7,18H2,1H3. The van der Waals surface area contributed by atoms with Crippen LogP contribution in [0.3, 0.4) is 0 Å². The van der Waals surface area contributed by atoms with Crippen molar-refractivity contribution in [2.75, 3.05) is 12.8 Å². The SMILES string of the molecule is COc1cccc(CC(=O)c2ccc(Br)cc2N)c1F. The number of methoxy groups -OCH3 is 1. The lowest BCUT2D eigenvalue weighted by Crippen LogP contribution is -2.08. The fourth-order valence-electron chi connectivity index (χ4n) is 1.91. The Hall–Kier alpha value is -1.88. The van der Waals surface area contributed by atoms with Gasteiger partial charge in [0, 0.05) is 22.1 Å². The molecule has 20 heavy (non-hydrogen) atoms. The van der Waals surface area contributed by atoms with Gasteiger partial charge in [-0.15, -0.1) is 0 Å². The number of ether oxygens (including phenoxy) is 1. The fraction of sp³-hybridized carbons (Fsp3) is 0.133. The van der Waals surface area contributed by atoms with Gasteiger partial charge in [0.05, 0.1) is 7.11 Å². The van der Waals surface area contributed by atoms with E-state index < -0.39 is 5.82 Å². The van der Waals surface area contributed by atoms with Crippen LogP contribution in [-0.2, 0) is 6.42 Å². The Morgan fingerprint density at radius 2 is 2.10 bits per heavy atom. The Morgan fingerprint density at radius 3 is 2.75 bits per heavy atom. The van der Waals surface area contributed by atoms with Gasteiger partial charge in [-0.05, 0) is 29.8 Å². The molecule has 2 aromatic rings. The first-order valence-electron chi connectivity index (χ1n) is 5.92. The summed E-state index contributed by atoms with van der Waals surface area (Å²) in [5.41, 5.74) is 6.84. The summed E-state index contributed by atoms with van der Waals surface area (Å²) in [5, 5.41) is 0. The van der Waals surface area contributed by atoms with Crippen molar-refractivity contribution in [2.24, 2.45) is 0 Å². The van der Waals surface area contributed by atoms with Crippen LogP contribution in [0.1, 0.15) is 15.9 Å². The molecule has 2 aromatic carbocycles. The van der Waals surface area contributed by atoms with E-state index in [1.54, 1.807) is 30.3 Å². The number of ketones is 1. The zero-order chi connectivity index (χ0) is 14.7. The second-order valence-electron chi connectivity index (χ2n) is 4.26. The number of rotatable bonds is 4. The van der Waals surface area contributed by atoms with E-state index >= 15 is 0 Å². The molecule has 0 saturated carbocycles. The van der Waals surface area contributed by atoms with Gasteiger partial charge in [0.15, 0.2) is 17.3 Å². The second-order valence-corrected chi connectivity index (χ2v) is 5.18. The lowest BCUT2D eigenvalue weighted by atomic mass is 10.0. The van der Waals surface area contributed by atoms with Crippen molar-refractivity contribution in [3.8, 4) is 5.75 Å². The minimum absolute atomic E-state index is 0.0606. The topological polar surface area (TPSA) is 52.3 Å². The third-order valence-electron chi connectivity index (χ3n) is 2.93. The number of anilines is 1. The molecule has 2 rings (SSSR count). The van der Waals surface area contributed by atoms with Crippen LogP contribution in [0.5, 0.6) is 5.75 Å². The molecule has 0 aromatic heterocycles. The Balaban J connectivity index is 2.28. The fourth-order valence-corrected chi connectivity index (χ4v) is 2.28. The number of hydrogen-bond donors (Lipinski definition) is 1. The van der Waals surface area contributed by atoms with Gasteiger partial charge in [-0.1, -0.05) is 28.1 Å². The number of benzene rings is 2. The molecule has 0 unspecified atom stereocenters. The number of Topliss-reactive ketones (excluding diaryl/α,β-unsaturated/α-hetero) is 1. The van der Waals surface area contributed by atoms with E-state index in [-0.39, 0.29) is 23.5 Å². The van der Waals surface area contributed by atoms with Crippen molar-refractivity contribution in [1.29, 1.82) is 0 Å². The van der Waals surface area contributed by atoms with Gasteiger partial charge >= 0.3 is 0 Å². The van der Waals surface area contributed by atoms with Crippen LogP contribution in [0.15, 0.2) is 40.9 Å². The summed E-state index contributed by atoms with van der Waals surface area (Å²) >= 11 is 3.27. The van der Waals surface area contributed by atoms with E-state index in [0.29, 0.717) is 11.3 Å². The lowest BCUT2D eigenvalue weighted by molar-refractivity contribution is 0.0992. The van der Waals surface area contributed by atoms with Crippen LogP contribution >= 0.6 is 15.9 Å². The quantitative estimate of drug-likeness (QED) is 0.685. The van der Waals surface area contributed by atoms with Crippen LogP contribution in [0.25, 0.3) is 0 Å². The molecule has 0 heterocycles. The second kappa shape index (κ2) is 6.05. The molecule has 104 valence electrons. The van der Waals surface area contributed by atoms with Crippen molar-refractivity contribution in [1.82, 2.24) is 0 Å². The van der Waals surface area contributed by atoms with Crippen LogP contribution in [0.2, 0.25) is 0 Å². The van der Waals surface area contributed by atoms with Gasteiger partial charge in [0.2, 0.25) is 0 Å². The van der Waals surface area contributed by atoms with Gasteiger partial charge in [-0.2, -0.15) is 0 Å². The molecule has 3 nitrogen and oxygen atoms in total. The molecule has 0 bridgehead atoms. The summed E-state index contributed by atoms with van der Waals surface area (Å²) in [5.74, 6) is -0.625. The number of halogens is 2. The molecule has 0 amide bonds. The highest BCUT2D eigenvalue weighted by atomic mass is 79.9. The maximum absolute atomic E-state index is 14.0. The first kappa shape index (κ1) is 14.5. The van der Waals surface area contributed by atoms with Gasteiger partial charge in [-0.3, -0.25) is 4.79 Å². The molecule has 0 spiro atoms. The van der Waals surface area contributed by atoms with Gasteiger partial charge < -0.3 is 10.5 Å². The largest absolute Gasteiger partial charge is 0.494 e. The smallest absolute Gasteiger partial charge is 0.169 e. The maximum atomic E-state index is 14.0. The Labute approximate surface area is 124 Å². The first-order chi connectivity index (χ1) is 9.52. The van der Waals surface area contributed by atoms with Crippen molar-refractivity contribution < 1.29 is 13.9 Å². The number of nitrogen functional groups attached to an aromatic ring is 1. The highest BCUT2D eigenvalue weighted by molar-refractivity contribution is 9.10. The van der Waals surface area contributed by atoms with Crippen molar-refractivity contribution in [3.63, 3.8) is 0 Å². The summed E-state index contributed by atoms with van der Waals surface area (Å²) < 4.78 is 19.7. The monoisotopic (exact) mass is 337 g/mol. The van der Waals surface area contributed by atoms with Crippen molar-refractivity contribution in [2.45, 2.75) is 6.42 Å². The summed E-state index contributed by atoms with van der Waals surface area (Å²) in [6.45, 7) is 0. The third-order valence-corrected chi connectivity index (χ3v) is 3.42. The zero-order valence-corrected chi connectivity index (χ0v) is 12.4. The van der Waals surface area contributed by atoms with Gasteiger partial charge in [0.25, 0.3) is 0 Å². The molecule has 0 saturated heterocycles. The van der Waals surface area contributed by atoms with E-state index in [1.165, 1.54) is 13.2 Å². The van der Waals surface area contributed by atoms with Crippen molar-refractivity contribution >= 4 is 27.4 Å². The summed E-state index contributed by atoms with van der Waals surface area (Å²) in [4.78, 5) is 12.2. The normalized spacial score (nSPS) is 10.3. The van der Waals surface area contributed by atoms with E-state index in [1.807, 2.05) is 0 Å². The van der Waals surface area contributed by atoms with Crippen LogP contribution in [0, 0.1) is 5.82 Å². The highest BCUT2D eigenvalue weighted by Gasteiger charge is 2.15. The van der Waals surface area contributed by atoms with Crippen molar-refractivity contribution in [3.05, 3.63) is 57.8 Å². The molecule has 5 heteroatoms. The Bertz CT molecular complexity index is 658. The predicted molar refractivity (Wildman–Crippen MR) is 79.5 cm³/mol. The van der Waals surface area contributed by atoms with Gasteiger partial charge in [-0.25, -0.2) is 4.39 Å². The first-order valence-corrected chi connectivity index (χ1v) is 6.72. The Kier molecular flexibility index (Phi) is 4.39. The highest BCUT2D eigenvalue weighted by Crippen LogP contribution is 2.24. The number of hydrogen-bond acceptors (Lipinski definition) is 3. The molecular formula is C15H13BrFNO2.